The van der Waals surface area contributed by atoms with Gasteiger partial charge in [-0.05, 0) is 47.7 Å². The van der Waals surface area contributed by atoms with Crippen LogP contribution in [0, 0.1) is 0 Å². The van der Waals surface area contributed by atoms with Gasteiger partial charge in [-0.1, -0.05) is 24.3 Å². The van der Waals surface area contributed by atoms with E-state index in [0.29, 0.717) is 18.2 Å². The Kier molecular flexibility index (Phi) is 4.79. The van der Waals surface area contributed by atoms with Crippen LogP contribution in [0.5, 0.6) is 0 Å². The lowest BCUT2D eigenvalue weighted by atomic mass is 10.1. The highest BCUT2D eigenvalue weighted by Gasteiger charge is 2.29. The van der Waals surface area contributed by atoms with Crippen molar-refractivity contribution < 1.29 is 13.2 Å². The van der Waals surface area contributed by atoms with Crippen molar-refractivity contribution in [1.29, 1.82) is 0 Å². The first-order chi connectivity index (χ1) is 14.9. The summed E-state index contributed by atoms with van der Waals surface area (Å²) in [4.78, 5) is 19.1. The van der Waals surface area contributed by atoms with Crippen LogP contribution >= 0.6 is 11.3 Å². The molecule has 1 atom stereocenters. The second kappa shape index (κ2) is 7.51. The smallest absolute Gasteiger partial charge is 0.263 e. The van der Waals surface area contributed by atoms with Crippen LogP contribution in [0.1, 0.15) is 24.1 Å². The van der Waals surface area contributed by atoms with Gasteiger partial charge in [0.05, 0.1) is 4.90 Å². The topological polar surface area (TPSA) is 84.3 Å². The third-order valence-electron chi connectivity index (χ3n) is 5.58. The summed E-state index contributed by atoms with van der Waals surface area (Å²) >= 11 is 1.22. The molecule has 1 aliphatic heterocycles. The monoisotopic (exact) mass is 452 g/mol. The van der Waals surface area contributed by atoms with Crippen molar-refractivity contribution in [3.63, 3.8) is 0 Å². The third kappa shape index (κ3) is 3.60. The fraction of sp³-hybridized carbons (Fsp3) is 0.182. The van der Waals surface area contributed by atoms with Crippen molar-refractivity contribution in [3.8, 4) is 0 Å². The summed E-state index contributed by atoms with van der Waals surface area (Å²) < 4.78 is 29.8. The molecule has 31 heavy (non-hydrogen) atoms. The van der Waals surface area contributed by atoms with Gasteiger partial charge in [0, 0.05) is 36.4 Å². The summed E-state index contributed by atoms with van der Waals surface area (Å²) in [6.07, 6.45) is 3.48. The number of amides is 1. The van der Waals surface area contributed by atoms with E-state index >= 15 is 0 Å². The Hall–Kier alpha value is -3.17. The van der Waals surface area contributed by atoms with Crippen molar-refractivity contribution in [2.24, 2.45) is 0 Å². The van der Waals surface area contributed by atoms with Crippen LogP contribution in [-0.4, -0.2) is 28.8 Å². The number of nitrogens with zero attached hydrogens (tertiary/aromatic N) is 3. The van der Waals surface area contributed by atoms with Gasteiger partial charge in [-0.25, -0.2) is 13.4 Å². The highest BCUT2D eigenvalue weighted by Crippen LogP contribution is 2.29. The Morgan fingerprint density at radius 3 is 2.74 bits per heavy atom. The summed E-state index contributed by atoms with van der Waals surface area (Å²) in [5, 5.41) is 3.12. The second-order valence-corrected chi connectivity index (χ2v) is 10.1. The molecular weight excluding hydrogens is 432 g/mol. The molecule has 3 heterocycles. The SMILES string of the molecule is CC(C(=O)N1Cc2ccc(S(=O)(=O)Nc3nccs3)cc2C1)n1ccc2ccccc21. The fourth-order valence-corrected chi connectivity index (χ4v) is 5.81. The number of fused-ring (bicyclic) bond motifs is 2. The van der Waals surface area contributed by atoms with Gasteiger partial charge in [-0.3, -0.25) is 9.52 Å². The number of rotatable bonds is 5. The van der Waals surface area contributed by atoms with Gasteiger partial charge in [0.1, 0.15) is 6.04 Å². The largest absolute Gasteiger partial charge is 0.335 e. The normalized spacial score (nSPS) is 14.5. The Labute approximate surface area is 184 Å². The molecule has 0 saturated carbocycles. The second-order valence-electron chi connectivity index (χ2n) is 7.53. The van der Waals surface area contributed by atoms with Crippen LogP contribution in [0.3, 0.4) is 0 Å². The van der Waals surface area contributed by atoms with Crippen LogP contribution in [0.25, 0.3) is 10.9 Å². The van der Waals surface area contributed by atoms with E-state index < -0.39 is 10.0 Å². The van der Waals surface area contributed by atoms with E-state index in [4.69, 9.17) is 0 Å². The van der Waals surface area contributed by atoms with Crippen molar-refractivity contribution >= 4 is 43.3 Å². The molecule has 1 unspecified atom stereocenters. The van der Waals surface area contributed by atoms with Crippen molar-refractivity contribution in [2.75, 3.05) is 4.72 Å². The highest BCUT2D eigenvalue weighted by molar-refractivity contribution is 7.93. The number of hydrogen-bond donors (Lipinski definition) is 1. The number of hydrogen-bond acceptors (Lipinski definition) is 5. The minimum Gasteiger partial charge on any atom is -0.335 e. The lowest BCUT2D eigenvalue weighted by Crippen LogP contribution is -2.32. The van der Waals surface area contributed by atoms with Gasteiger partial charge >= 0.3 is 0 Å². The number of nitrogens with one attached hydrogen (secondary N) is 1. The number of sulfonamides is 1. The predicted molar refractivity (Wildman–Crippen MR) is 120 cm³/mol. The molecule has 1 aliphatic rings. The molecule has 0 aliphatic carbocycles. The first-order valence-corrected chi connectivity index (χ1v) is 12.2. The number of carbonyl (C=O) groups excluding carboxylic acids is 1. The van der Waals surface area contributed by atoms with E-state index in [1.807, 2.05) is 48.0 Å². The van der Waals surface area contributed by atoms with E-state index in [1.165, 1.54) is 11.3 Å². The molecule has 4 aromatic rings. The zero-order chi connectivity index (χ0) is 21.6. The molecule has 158 valence electrons. The summed E-state index contributed by atoms with van der Waals surface area (Å²) in [6, 6.07) is 14.6. The van der Waals surface area contributed by atoms with E-state index in [1.54, 1.807) is 34.7 Å². The van der Waals surface area contributed by atoms with Crippen LogP contribution < -0.4 is 4.72 Å². The molecule has 1 amide bonds. The molecule has 5 rings (SSSR count). The average Bonchev–Trinajstić information content (AvgIpc) is 3.50. The first kappa shape index (κ1) is 19.8. The summed E-state index contributed by atoms with van der Waals surface area (Å²) in [5.74, 6) is 0.00266. The minimum absolute atomic E-state index is 0.00266. The minimum atomic E-state index is -3.73. The van der Waals surface area contributed by atoms with Gasteiger partial charge in [-0.15, -0.1) is 11.3 Å². The fourth-order valence-electron chi connectivity index (χ4n) is 3.97. The van der Waals surface area contributed by atoms with Crippen molar-refractivity contribution in [3.05, 3.63) is 77.4 Å². The molecule has 0 bridgehead atoms. The van der Waals surface area contributed by atoms with Gasteiger partial charge in [0.15, 0.2) is 5.13 Å². The Morgan fingerprint density at radius 1 is 1.13 bits per heavy atom. The van der Waals surface area contributed by atoms with E-state index in [2.05, 4.69) is 9.71 Å². The number of para-hydroxylation sites is 1. The molecule has 0 radical (unpaired) electrons. The molecule has 9 heteroatoms. The molecular formula is C22H20N4O3S2. The number of anilines is 1. The van der Waals surface area contributed by atoms with E-state index in [0.717, 1.165) is 22.0 Å². The zero-order valence-electron chi connectivity index (χ0n) is 16.7. The summed E-state index contributed by atoms with van der Waals surface area (Å²) in [5.41, 5.74) is 2.83. The first-order valence-electron chi connectivity index (χ1n) is 9.81. The lowest BCUT2D eigenvalue weighted by molar-refractivity contribution is -0.134. The zero-order valence-corrected chi connectivity index (χ0v) is 18.4. The predicted octanol–water partition coefficient (Wildman–Crippen LogP) is 4.00. The average molecular weight is 453 g/mol. The molecule has 2 aromatic carbocycles. The number of thiazole rings is 1. The van der Waals surface area contributed by atoms with Crippen LogP contribution in [-0.2, 0) is 27.9 Å². The maximum absolute atomic E-state index is 13.2. The Bertz CT molecular complexity index is 1380. The number of carbonyl (C=O) groups is 1. The number of aromatic nitrogens is 2. The van der Waals surface area contributed by atoms with E-state index in [9.17, 15) is 13.2 Å². The highest BCUT2D eigenvalue weighted by atomic mass is 32.2. The Balaban J connectivity index is 1.36. The standard InChI is InChI=1S/C22H20N4O3S2/c1-15(26-10-8-16-4-2-3-5-20(16)26)21(27)25-13-17-6-7-19(12-18(17)14-25)31(28,29)24-22-23-9-11-30-22/h2-12,15H,13-14H2,1H3,(H,23,24). The molecule has 7 nitrogen and oxygen atoms in total. The van der Waals surface area contributed by atoms with Gasteiger partial charge in [0.2, 0.25) is 5.91 Å². The van der Waals surface area contributed by atoms with Crippen LogP contribution in [0.4, 0.5) is 5.13 Å². The molecule has 0 fully saturated rings. The van der Waals surface area contributed by atoms with E-state index in [-0.39, 0.29) is 16.8 Å². The van der Waals surface area contributed by atoms with Gasteiger partial charge in [0.25, 0.3) is 10.0 Å². The molecule has 0 saturated heterocycles. The maximum Gasteiger partial charge on any atom is 0.263 e. The maximum atomic E-state index is 13.2. The summed E-state index contributed by atoms with van der Waals surface area (Å²) in [6.45, 7) is 2.75. The molecule has 2 aromatic heterocycles. The molecule has 1 N–H and O–H groups in total. The van der Waals surface area contributed by atoms with Gasteiger partial charge in [-0.2, -0.15) is 0 Å². The van der Waals surface area contributed by atoms with Crippen LogP contribution in [0.2, 0.25) is 0 Å². The van der Waals surface area contributed by atoms with Crippen LogP contribution in [0.15, 0.2) is 71.2 Å². The van der Waals surface area contributed by atoms with Crippen molar-refractivity contribution in [1.82, 2.24) is 14.5 Å². The molecule has 0 spiro atoms. The Morgan fingerprint density at radius 2 is 1.94 bits per heavy atom. The lowest BCUT2D eigenvalue weighted by Gasteiger charge is -2.22. The van der Waals surface area contributed by atoms with Gasteiger partial charge < -0.3 is 9.47 Å². The number of benzene rings is 2. The quantitative estimate of drug-likeness (QED) is 0.496. The summed E-state index contributed by atoms with van der Waals surface area (Å²) in [7, 11) is -3.73. The third-order valence-corrected chi connectivity index (χ3v) is 7.73. The van der Waals surface area contributed by atoms with Crippen molar-refractivity contribution in [2.45, 2.75) is 31.0 Å².